The van der Waals surface area contributed by atoms with Crippen molar-refractivity contribution in [1.29, 1.82) is 0 Å². The maximum absolute atomic E-state index is 11.8. The van der Waals surface area contributed by atoms with Crippen molar-refractivity contribution in [3.63, 3.8) is 0 Å². The third-order valence-corrected chi connectivity index (χ3v) is 2.74. The molecule has 1 fully saturated rings. The van der Waals surface area contributed by atoms with Crippen molar-refractivity contribution in [2.75, 3.05) is 33.5 Å². The number of hydrogen-bond donors (Lipinski definition) is 1. The van der Waals surface area contributed by atoms with E-state index in [0.717, 1.165) is 6.42 Å². The van der Waals surface area contributed by atoms with E-state index in [0.29, 0.717) is 25.7 Å². The molecule has 0 amide bonds. The van der Waals surface area contributed by atoms with Gasteiger partial charge in [-0.3, -0.25) is 0 Å². The van der Waals surface area contributed by atoms with Gasteiger partial charge in [0.15, 0.2) is 0 Å². The molecule has 3 nitrogen and oxygen atoms in total. The largest absolute Gasteiger partial charge is 0.411 e. The summed E-state index contributed by atoms with van der Waals surface area (Å²) in [6, 6.07) is 0.322. The van der Waals surface area contributed by atoms with E-state index in [2.05, 4.69) is 10.1 Å². The zero-order valence-corrected chi connectivity index (χ0v) is 9.35. The molecule has 0 radical (unpaired) electrons. The second-order valence-corrected chi connectivity index (χ2v) is 3.98. The summed E-state index contributed by atoms with van der Waals surface area (Å²) < 4.78 is 45.3. The van der Waals surface area contributed by atoms with Gasteiger partial charge in [-0.05, 0) is 25.8 Å². The first-order chi connectivity index (χ1) is 7.53. The van der Waals surface area contributed by atoms with Crippen LogP contribution in [0.3, 0.4) is 0 Å². The third kappa shape index (κ3) is 5.14. The van der Waals surface area contributed by atoms with Crippen LogP contribution in [0.1, 0.15) is 12.8 Å². The van der Waals surface area contributed by atoms with E-state index in [9.17, 15) is 13.2 Å². The Morgan fingerprint density at radius 2 is 2.19 bits per heavy atom. The molecule has 1 heterocycles. The van der Waals surface area contributed by atoms with Gasteiger partial charge in [0.05, 0.1) is 6.61 Å². The highest BCUT2D eigenvalue weighted by Gasteiger charge is 2.28. The highest BCUT2D eigenvalue weighted by atomic mass is 19.4. The molecular weight excluding hydrogens is 223 g/mol. The summed E-state index contributed by atoms with van der Waals surface area (Å²) in [6.45, 7) is 0.281. The molecule has 0 aromatic carbocycles. The van der Waals surface area contributed by atoms with Crippen LogP contribution in [-0.2, 0) is 9.47 Å². The average Bonchev–Trinajstić information content (AvgIpc) is 2.23. The Morgan fingerprint density at radius 1 is 1.44 bits per heavy atom. The van der Waals surface area contributed by atoms with Crippen molar-refractivity contribution in [1.82, 2.24) is 5.32 Å². The normalized spacial score (nSPS) is 27.0. The van der Waals surface area contributed by atoms with Crippen molar-refractivity contribution >= 4 is 0 Å². The first-order valence-corrected chi connectivity index (χ1v) is 5.42. The van der Waals surface area contributed by atoms with Gasteiger partial charge < -0.3 is 14.8 Å². The van der Waals surface area contributed by atoms with Crippen LogP contribution in [0.25, 0.3) is 0 Å². The van der Waals surface area contributed by atoms with Crippen LogP contribution >= 0.6 is 0 Å². The summed E-state index contributed by atoms with van der Waals surface area (Å²) in [6.07, 6.45) is -2.73. The predicted octanol–water partition coefficient (Wildman–Crippen LogP) is 1.58. The number of halogens is 3. The van der Waals surface area contributed by atoms with E-state index in [-0.39, 0.29) is 12.5 Å². The monoisotopic (exact) mass is 241 g/mol. The van der Waals surface area contributed by atoms with Crippen LogP contribution in [-0.4, -0.2) is 45.7 Å². The molecule has 0 saturated carbocycles. The topological polar surface area (TPSA) is 30.5 Å². The molecule has 1 saturated heterocycles. The predicted molar refractivity (Wildman–Crippen MR) is 53.3 cm³/mol. The Hall–Kier alpha value is -0.330. The van der Waals surface area contributed by atoms with Crippen LogP contribution in [0, 0.1) is 5.92 Å². The van der Waals surface area contributed by atoms with Crippen molar-refractivity contribution in [3.05, 3.63) is 0 Å². The zero-order valence-electron chi connectivity index (χ0n) is 9.35. The molecule has 1 aliphatic rings. The first-order valence-electron chi connectivity index (χ1n) is 5.42. The molecule has 2 atom stereocenters. The Labute approximate surface area is 93.3 Å². The Kier molecular flexibility index (Phi) is 5.51. The maximum atomic E-state index is 11.8. The van der Waals surface area contributed by atoms with Crippen LogP contribution in [0.5, 0.6) is 0 Å². The van der Waals surface area contributed by atoms with Crippen molar-refractivity contribution in [3.8, 4) is 0 Å². The van der Waals surface area contributed by atoms with E-state index in [1.807, 2.05) is 7.05 Å². The third-order valence-electron chi connectivity index (χ3n) is 2.74. The van der Waals surface area contributed by atoms with Crippen molar-refractivity contribution in [2.24, 2.45) is 5.92 Å². The lowest BCUT2D eigenvalue weighted by molar-refractivity contribution is -0.175. The minimum absolute atomic E-state index is 0.131. The molecule has 0 aromatic rings. The van der Waals surface area contributed by atoms with Gasteiger partial charge in [-0.25, -0.2) is 0 Å². The summed E-state index contributed by atoms with van der Waals surface area (Å²) in [4.78, 5) is 0. The minimum Gasteiger partial charge on any atom is -0.381 e. The fourth-order valence-electron chi connectivity index (χ4n) is 1.88. The molecule has 6 heteroatoms. The summed E-state index contributed by atoms with van der Waals surface area (Å²) in [5.74, 6) is 0.243. The Balaban J connectivity index is 2.15. The second kappa shape index (κ2) is 6.42. The van der Waals surface area contributed by atoms with Gasteiger partial charge in [0.2, 0.25) is 0 Å². The van der Waals surface area contributed by atoms with Crippen LogP contribution in [0.15, 0.2) is 0 Å². The van der Waals surface area contributed by atoms with Gasteiger partial charge in [0, 0.05) is 19.3 Å². The molecule has 96 valence electrons. The molecule has 1 aliphatic heterocycles. The summed E-state index contributed by atoms with van der Waals surface area (Å²) in [5.41, 5.74) is 0. The van der Waals surface area contributed by atoms with Gasteiger partial charge in [0.1, 0.15) is 6.61 Å². The van der Waals surface area contributed by atoms with Gasteiger partial charge in [-0.2, -0.15) is 13.2 Å². The van der Waals surface area contributed by atoms with Crippen LogP contribution in [0.4, 0.5) is 13.2 Å². The van der Waals surface area contributed by atoms with E-state index in [4.69, 9.17) is 4.74 Å². The molecule has 0 spiro atoms. The highest BCUT2D eigenvalue weighted by Crippen LogP contribution is 2.19. The van der Waals surface area contributed by atoms with Gasteiger partial charge >= 0.3 is 6.18 Å². The van der Waals surface area contributed by atoms with Gasteiger partial charge in [-0.1, -0.05) is 0 Å². The molecule has 0 bridgehead atoms. The number of alkyl halides is 3. The van der Waals surface area contributed by atoms with E-state index in [1.165, 1.54) is 0 Å². The molecule has 0 aliphatic carbocycles. The smallest absolute Gasteiger partial charge is 0.381 e. The number of ether oxygens (including phenoxy) is 2. The second-order valence-electron chi connectivity index (χ2n) is 3.98. The Bertz CT molecular complexity index is 199. The summed E-state index contributed by atoms with van der Waals surface area (Å²) in [5, 5.41) is 3.15. The standard InChI is InChI=1S/C10H18F3NO2/c1-14-9-3-5-15-6-8(9)2-4-16-7-10(11,12)13/h8-9,14H,2-7H2,1H3. The molecule has 16 heavy (non-hydrogen) atoms. The van der Waals surface area contributed by atoms with Crippen LogP contribution in [0.2, 0.25) is 0 Å². The number of rotatable bonds is 5. The van der Waals surface area contributed by atoms with Gasteiger partial charge in [0.25, 0.3) is 0 Å². The fourth-order valence-corrected chi connectivity index (χ4v) is 1.88. The first kappa shape index (κ1) is 13.7. The molecule has 2 unspecified atom stereocenters. The van der Waals surface area contributed by atoms with Crippen molar-refractivity contribution < 1.29 is 22.6 Å². The number of nitrogens with one attached hydrogen (secondary N) is 1. The lowest BCUT2D eigenvalue weighted by Gasteiger charge is -2.31. The maximum Gasteiger partial charge on any atom is 0.411 e. The fraction of sp³-hybridized carbons (Fsp3) is 1.00. The molecule has 0 aromatic heterocycles. The average molecular weight is 241 g/mol. The Morgan fingerprint density at radius 3 is 2.81 bits per heavy atom. The summed E-state index contributed by atoms with van der Waals surface area (Å²) in [7, 11) is 1.86. The SMILES string of the molecule is CNC1CCOCC1CCOCC(F)(F)F. The molecular formula is C10H18F3NO2. The van der Waals surface area contributed by atoms with Gasteiger partial charge in [-0.15, -0.1) is 0 Å². The van der Waals surface area contributed by atoms with E-state index in [1.54, 1.807) is 0 Å². The zero-order chi connectivity index (χ0) is 12.0. The lowest BCUT2D eigenvalue weighted by Crippen LogP contribution is -2.41. The van der Waals surface area contributed by atoms with Crippen LogP contribution < -0.4 is 5.32 Å². The summed E-state index contributed by atoms with van der Waals surface area (Å²) >= 11 is 0. The van der Waals surface area contributed by atoms with E-state index < -0.39 is 12.8 Å². The number of hydrogen-bond acceptors (Lipinski definition) is 3. The quantitative estimate of drug-likeness (QED) is 0.741. The highest BCUT2D eigenvalue weighted by molar-refractivity contribution is 4.78. The molecule has 1 rings (SSSR count). The lowest BCUT2D eigenvalue weighted by atomic mass is 9.93. The van der Waals surface area contributed by atoms with Crippen molar-refractivity contribution in [2.45, 2.75) is 25.1 Å². The van der Waals surface area contributed by atoms with E-state index >= 15 is 0 Å². The minimum atomic E-state index is -4.23. The molecule has 1 N–H and O–H groups in total.